The Labute approximate surface area is 99.4 Å². The third-order valence-electron chi connectivity index (χ3n) is 2.13. The van der Waals surface area contributed by atoms with Gasteiger partial charge in [0.1, 0.15) is 5.76 Å². The first-order valence-corrected chi connectivity index (χ1v) is 5.42. The Morgan fingerprint density at radius 2 is 2.00 bits per heavy atom. The van der Waals surface area contributed by atoms with Crippen LogP contribution in [0.15, 0.2) is 16.5 Å². The second-order valence-corrected chi connectivity index (χ2v) is 4.16. The van der Waals surface area contributed by atoms with Crippen molar-refractivity contribution < 1.29 is 23.8 Å². The molecule has 1 atom stereocenters. The molecule has 5 heteroatoms. The predicted octanol–water partition coefficient (Wildman–Crippen LogP) is 2.11. The second-order valence-electron chi connectivity index (χ2n) is 4.16. The van der Waals surface area contributed by atoms with Gasteiger partial charge in [-0.2, -0.15) is 0 Å². The maximum atomic E-state index is 11.5. The summed E-state index contributed by atoms with van der Waals surface area (Å²) in [6.45, 7) is 5.27. The van der Waals surface area contributed by atoms with E-state index in [1.165, 1.54) is 6.07 Å². The quantitative estimate of drug-likeness (QED) is 0.797. The molecule has 94 valence electrons. The fourth-order valence-corrected chi connectivity index (χ4v) is 1.34. The molecule has 0 bridgehead atoms. The van der Waals surface area contributed by atoms with E-state index in [-0.39, 0.29) is 23.8 Å². The van der Waals surface area contributed by atoms with E-state index in [9.17, 15) is 9.59 Å². The summed E-state index contributed by atoms with van der Waals surface area (Å²) in [6, 6.07) is 2.93. The molecule has 0 spiro atoms. The third-order valence-corrected chi connectivity index (χ3v) is 2.13. The average Bonchev–Trinajstić information content (AvgIpc) is 2.65. The van der Waals surface area contributed by atoms with E-state index in [0.717, 1.165) is 0 Å². The van der Waals surface area contributed by atoms with Crippen molar-refractivity contribution in [2.45, 2.75) is 33.3 Å². The maximum Gasteiger partial charge on any atom is 0.371 e. The van der Waals surface area contributed by atoms with Crippen molar-refractivity contribution in [2.24, 2.45) is 5.92 Å². The molecule has 1 unspecified atom stereocenters. The van der Waals surface area contributed by atoms with Crippen LogP contribution in [-0.4, -0.2) is 23.1 Å². The zero-order valence-corrected chi connectivity index (χ0v) is 10.1. The summed E-state index contributed by atoms with van der Waals surface area (Å²) in [5, 5.41) is 8.68. The molecule has 0 aliphatic carbocycles. The zero-order chi connectivity index (χ0) is 13.0. The lowest BCUT2D eigenvalue weighted by atomic mass is 10.1. The van der Waals surface area contributed by atoms with Crippen LogP contribution in [0.3, 0.4) is 0 Å². The standard InChI is InChI=1S/C12H16O5/c1-7(2)16-12(15)8(3)6-9-4-5-10(17-9)11(13)14/h4-5,7-8H,6H2,1-3H3,(H,13,14). The van der Waals surface area contributed by atoms with Crippen molar-refractivity contribution in [1.29, 1.82) is 0 Å². The molecule has 0 aliphatic heterocycles. The largest absolute Gasteiger partial charge is 0.475 e. The average molecular weight is 240 g/mol. The van der Waals surface area contributed by atoms with Gasteiger partial charge in [-0.3, -0.25) is 4.79 Å². The Kier molecular flexibility index (Phi) is 4.31. The monoisotopic (exact) mass is 240 g/mol. The van der Waals surface area contributed by atoms with Crippen molar-refractivity contribution >= 4 is 11.9 Å². The van der Waals surface area contributed by atoms with Gasteiger partial charge in [0.05, 0.1) is 12.0 Å². The highest BCUT2D eigenvalue weighted by Crippen LogP contribution is 2.14. The van der Waals surface area contributed by atoms with Crippen molar-refractivity contribution in [1.82, 2.24) is 0 Å². The van der Waals surface area contributed by atoms with E-state index in [2.05, 4.69) is 0 Å². The Morgan fingerprint density at radius 1 is 1.35 bits per heavy atom. The van der Waals surface area contributed by atoms with E-state index < -0.39 is 5.97 Å². The minimum Gasteiger partial charge on any atom is -0.475 e. The van der Waals surface area contributed by atoms with Gasteiger partial charge in [-0.1, -0.05) is 6.92 Å². The van der Waals surface area contributed by atoms with Gasteiger partial charge in [-0.05, 0) is 26.0 Å². The molecule has 17 heavy (non-hydrogen) atoms. The van der Waals surface area contributed by atoms with Gasteiger partial charge in [0.2, 0.25) is 5.76 Å². The molecule has 0 radical (unpaired) electrons. The van der Waals surface area contributed by atoms with Crippen LogP contribution in [0.5, 0.6) is 0 Å². The van der Waals surface area contributed by atoms with Gasteiger partial charge in [0.15, 0.2) is 0 Å². The smallest absolute Gasteiger partial charge is 0.371 e. The molecule has 0 aromatic carbocycles. The lowest BCUT2D eigenvalue weighted by molar-refractivity contribution is -0.151. The molecule has 1 aromatic rings. The lowest BCUT2D eigenvalue weighted by Crippen LogP contribution is -2.20. The van der Waals surface area contributed by atoms with Crippen LogP contribution < -0.4 is 0 Å². The highest BCUT2D eigenvalue weighted by molar-refractivity contribution is 5.84. The number of hydrogen-bond donors (Lipinski definition) is 1. The molecule has 0 saturated heterocycles. The molecule has 1 heterocycles. The summed E-state index contributed by atoms with van der Waals surface area (Å²) in [5.74, 6) is -1.44. The minimum absolute atomic E-state index is 0.121. The van der Waals surface area contributed by atoms with Gasteiger partial charge < -0.3 is 14.3 Å². The van der Waals surface area contributed by atoms with Crippen LogP contribution >= 0.6 is 0 Å². The van der Waals surface area contributed by atoms with Gasteiger partial charge in [-0.15, -0.1) is 0 Å². The molecule has 5 nitrogen and oxygen atoms in total. The Morgan fingerprint density at radius 3 is 2.47 bits per heavy atom. The summed E-state index contributed by atoms with van der Waals surface area (Å²) in [5.41, 5.74) is 0. The highest BCUT2D eigenvalue weighted by atomic mass is 16.5. The predicted molar refractivity (Wildman–Crippen MR) is 59.8 cm³/mol. The lowest BCUT2D eigenvalue weighted by Gasteiger charge is -2.12. The summed E-state index contributed by atoms with van der Waals surface area (Å²) in [6.07, 6.45) is 0.176. The number of aromatic carboxylic acids is 1. The number of furan rings is 1. The first-order valence-electron chi connectivity index (χ1n) is 5.42. The van der Waals surface area contributed by atoms with Gasteiger partial charge >= 0.3 is 11.9 Å². The first kappa shape index (κ1) is 13.3. The number of ether oxygens (including phenoxy) is 1. The fourth-order valence-electron chi connectivity index (χ4n) is 1.34. The summed E-state index contributed by atoms with van der Waals surface area (Å²) < 4.78 is 10.1. The summed E-state index contributed by atoms with van der Waals surface area (Å²) in [4.78, 5) is 22.1. The minimum atomic E-state index is -1.12. The van der Waals surface area contributed by atoms with Crippen molar-refractivity contribution in [3.8, 4) is 0 Å². The van der Waals surface area contributed by atoms with Gasteiger partial charge in [0.25, 0.3) is 0 Å². The number of carbonyl (C=O) groups is 2. The summed E-state index contributed by atoms with van der Waals surface area (Å²) >= 11 is 0. The second kappa shape index (κ2) is 5.52. The van der Waals surface area contributed by atoms with E-state index in [1.54, 1.807) is 26.8 Å². The molecular weight excluding hydrogens is 224 g/mol. The van der Waals surface area contributed by atoms with Crippen LogP contribution in [-0.2, 0) is 16.0 Å². The number of carboxylic acid groups (broad SMARTS) is 1. The van der Waals surface area contributed by atoms with Crippen LogP contribution in [0, 0.1) is 5.92 Å². The number of esters is 1. The van der Waals surface area contributed by atoms with Crippen LogP contribution in [0.4, 0.5) is 0 Å². The number of carbonyl (C=O) groups excluding carboxylic acids is 1. The molecule has 1 rings (SSSR count). The van der Waals surface area contributed by atoms with E-state index >= 15 is 0 Å². The molecule has 1 N–H and O–H groups in total. The van der Waals surface area contributed by atoms with E-state index in [1.807, 2.05) is 0 Å². The van der Waals surface area contributed by atoms with Crippen LogP contribution in [0.25, 0.3) is 0 Å². The Balaban J connectivity index is 2.58. The first-order chi connectivity index (χ1) is 7.90. The van der Waals surface area contributed by atoms with Crippen molar-refractivity contribution in [2.75, 3.05) is 0 Å². The van der Waals surface area contributed by atoms with Gasteiger partial charge in [0, 0.05) is 6.42 Å². The molecule has 0 aliphatic rings. The van der Waals surface area contributed by atoms with E-state index in [0.29, 0.717) is 12.2 Å². The topological polar surface area (TPSA) is 76.7 Å². The van der Waals surface area contributed by atoms with Crippen molar-refractivity contribution in [3.63, 3.8) is 0 Å². The number of carboxylic acids is 1. The molecule has 0 fully saturated rings. The SMILES string of the molecule is CC(C)OC(=O)C(C)Cc1ccc(C(=O)O)o1. The Hall–Kier alpha value is -1.78. The summed E-state index contributed by atoms with van der Waals surface area (Å²) in [7, 11) is 0. The molecular formula is C12H16O5. The maximum absolute atomic E-state index is 11.5. The van der Waals surface area contributed by atoms with E-state index in [4.69, 9.17) is 14.3 Å². The molecule has 0 amide bonds. The zero-order valence-electron chi connectivity index (χ0n) is 10.1. The van der Waals surface area contributed by atoms with Gasteiger partial charge in [-0.25, -0.2) is 4.79 Å². The van der Waals surface area contributed by atoms with Crippen LogP contribution in [0.1, 0.15) is 37.1 Å². The Bertz CT molecular complexity index is 405. The normalized spacial score (nSPS) is 12.5. The number of hydrogen-bond acceptors (Lipinski definition) is 4. The van der Waals surface area contributed by atoms with Crippen molar-refractivity contribution in [3.05, 3.63) is 23.7 Å². The number of rotatable bonds is 5. The molecule has 0 saturated carbocycles. The molecule has 1 aromatic heterocycles. The fraction of sp³-hybridized carbons (Fsp3) is 0.500. The van der Waals surface area contributed by atoms with Crippen LogP contribution in [0.2, 0.25) is 0 Å². The third kappa shape index (κ3) is 3.94. The highest BCUT2D eigenvalue weighted by Gasteiger charge is 2.19.